The van der Waals surface area contributed by atoms with Crippen molar-refractivity contribution in [3.8, 4) is 0 Å². The van der Waals surface area contributed by atoms with Crippen molar-refractivity contribution in [1.29, 1.82) is 0 Å². The van der Waals surface area contributed by atoms with E-state index in [0.29, 0.717) is 5.02 Å². The first-order chi connectivity index (χ1) is 9.21. The Kier molecular flexibility index (Phi) is 5.26. The van der Waals surface area contributed by atoms with Crippen LogP contribution in [0.5, 0.6) is 0 Å². The molecule has 0 aromatic heterocycles. The summed E-state index contributed by atoms with van der Waals surface area (Å²) in [6, 6.07) is 7.74. The molecule has 1 heterocycles. The number of rotatable bonds is 5. The number of hydrogen-bond donors (Lipinski definition) is 0. The normalized spacial score (nSPS) is 27.4. The van der Waals surface area contributed by atoms with Gasteiger partial charge >= 0.3 is 0 Å². The topological polar surface area (TPSA) is 18.5 Å². The summed E-state index contributed by atoms with van der Waals surface area (Å²) >= 11 is 6.19. The van der Waals surface area contributed by atoms with Crippen molar-refractivity contribution < 1.29 is 9.47 Å². The Hall–Kier alpha value is -0.570. The van der Waals surface area contributed by atoms with Gasteiger partial charge in [0.2, 0.25) is 0 Å². The summed E-state index contributed by atoms with van der Waals surface area (Å²) in [4.78, 5) is 0. The van der Waals surface area contributed by atoms with E-state index in [-0.39, 0.29) is 11.7 Å². The molecule has 106 valence electrons. The molecule has 1 fully saturated rings. The Morgan fingerprint density at radius 3 is 2.47 bits per heavy atom. The fraction of sp³-hybridized carbons (Fsp3) is 0.625. The van der Waals surface area contributed by atoms with E-state index in [4.69, 9.17) is 21.1 Å². The molecule has 19 heavy (non-hydrogen) atoms. The molecule has 3 heteroatoms. The van der Waals surface area contributed by atoms with Crippen LogP contribution < -0.4 is 0 Å². The Labute approximate surface area is 121 Å². The van der Waals surface area contributed by atoms with Crippen LogP contribution in [0.4, 0.5) is 0 Å². The van der Waals surface area contributed by atoms with Crippen LogP contribution in [-0.2, 0) is 9.47 Å². The standard InChI is InChI=1S/C16H23ClO2/c1-3-5-10-16(4-2)11-18-15(19-12-16)13-8-6-7-9-14(13)17/h6-9,15H,3-5,10-12H2,1-2H3. The molecule has 0 amide bonds. The molecule has 0 radical (unpaired) electrons. The van der Waals surface area contributed by atoms with Gasteiger partial charge in [0.05, 0.1) is 13.2 Å². The van der Waals surface area contributed by atoms with Gasteiger partial charge in [-0.3, -0.25) is 0 Å². The second-order valence-electron chi connectivity index (χ2n) is 5.43. The van der Waals surface area contributed by atoms with Crippen LogP contribution in [0, 0.1) is 5.41 Å². The first kappa shape index (κ1) is 14.8. The Bertz CT molecular complexity index is 397. The molecule has 2 nitrogen and oxygen atoms in total. The zero-order valence-electron chi connectivity index (χ0n) is 11.8. The molecular formula is C16H23ClO2. The predicted octanol–water partition coefficient (Wildman–Crippen LogP) is 4.97. The second-order valence-corrected chi connectivity index (χ2v) is 5.84. The quantitative estimate of drug-likeness (QED) is 0.759. The number of halogens is 1. The van der Waals surface area contributed by atoms with E-state index >= 15 is 0 Å². The highest BCUT2D eigenvalue weighted by Gasteiger charge is 2.35. The van der Waals surface area contributed by atoms with Crippen molar-refractivity contribution in [1.82, 2.24) is 0 Å². The lowest BCUT2D eigenvalue weighted by molar-refractivity contribution is -0.236. The molecule has 1 saturated heterocycles. The highest BCUT2D eigenvalue weighted by Crippen LogP contribution is 2.39. The molecule has 0 aliphatic carbocycles. The van der Waals surface area contributed by atoms with Crippen molar-refractivity contribution in [2.24, 2.45) is 5.41 Å². The highest BCUT2D eigenvalue weighted by molar-refractivity contribution is 6.31. The minimum absolute atomic E-state index is 0.188. The average Bonchev–Trinajstić information content (AvgIpc) is 2.46. The van der Waals surface area contributed by atoms with Gasteiger partial charge in [-0.15, -0.1) is 0 Å². The maximum atomic E-state index is 6.19. The molecule has 0 spiro atoms. The van der Waals surface area contributed by atoms with E-state index in [1.54, 1.807) is 0 Å². The maximum Gasteiger partial charge on any atom is 0.185 e. The maximum absolute atomic E-state index is 6.19. The van der Waals surface area contributed by atoms with Crippen LogP contribution in [0.15, 0.2) is 24.3 Å². The molecule has 1 aromatic carbocycles. The van der Waals surface area contributed by atoms with Gasteiger partial charge in [0.1, 0.15) is 0 Å². The largest absolute Gasteiger partial charge is 0.348 e. The molecule has 0 atom stereocenters. The Balaban J connectivity index is 2.00. The lowest BCUT2D eigenvalue weighted by Crippen LogP contribution is -2.38. The first-order valence-electron chi connectivity index (χ1n) is 7.18. The van der Waals surface area contributed by atoms with E-state index in [1.807, 2.05) is 24.3 Å². The number of hydrogen-bond acceptors (Lipinski definition) is 2. The Morgan fingerprint density at radius 1 is 1.21 bits per heavy atom. The fourth-order valence-corrected chi connectivity index (χ4v) is 2.74. The van der Waals surface area contributed by atoms with Crippen LogP contribution in [0.25, 0.3) is 0 Å². The van der Waals surface area contributed by atoms with Crippen molar-refractivity contribution in [2.75, 3.05) is 13.2 Å². The summed E-state index contributed by atoms with van der Waals surface area (Å²) in [6.07, 6.45) is 4.42. The highest BCUT2D eigenvalue weighted by atomic mass is 35.5. The van der Waals surface area contributed by atoms with Crippen molar-refractivity contribution >= 4 is 11.6 Å². The molecule has 0 bridgehead atoms. The number of ether oxygens (including phenoxy) is 2. The lowest BCUT2D eigenvalue weighted by Gasteiger charge is -2.40. The van der Waals surface area contributed by atoms with E-state index in [1.165, 1.54) is 19.3 Å². The summed E-state index contributed by atoms with van der Waals surface area (Å²) in [5.74, 6) is 0. The molecule has 0 unspecified atom stereocenters. The Morgan fingerprint density at radius 2 is 1.89 bits per heavy atom. The minimum atomic E-state index is -0.310. The van der Waals surface area contributed by atoms with Crippen LogP contribution in [-0.4, -0.2) is 13.2 Å². The number of unbranched alkanes of at least 4 members (excludes halogenated alkanes) is 1. The van der Waals surface area contributed by atoms with E-state index < -0.39 is 0 Å². The molecular weight excluding hydrogens is 260 g/mol. The van der Waals surface area contributed by atoms with Crippen LogP contribution in [0.2, 0.25) is 5.02 Å². The molecule has 1 aliphatic heterocycles. The predicted molar refractivity (Wildman–Crippen MR) is 78.3 cm³/mol. The molecule has 1 aromatic rings. The fourth-order valence-electron chi connectivity index (χ4n) is 2.52. The van der Waals surface area contributed by atoms with Crippen LogP contribution >= 0.6 is 11.6 Å². The van der Waals surface area contributed by atoms with Gasteiger partial charge in [-0.05, 0) is 18.9 Å². The summed E-state index contributed by atoms with van der Waals surface area (Å²) in [7, 11) is 0. The number of benzene rings is 1. The first-order valence-corrected chi connectivity index (χ1v) is 7.56. The molecule has 2 rings (SSSR count). The summed E-state index contributed by atoms with van der Waals surface area (Å²) in [5.41, 5.74) is 1.12. The van der Waals surface area contributed by atoms with Gasteiger partial charge in [0, 0.05) is 16.0 Å². The monoisotopic (exact) mass is 282 g/mol. The summed E-state index contributed by atoms with van der Waals surface area (Å²) < 4.78 is 11.9. The zero-order chi connectivity index (χ0) is 13.7. The van der Waals surface area contributed by atoms with Crippen molar-refractivity contribution in [3.63, 3.8) is 0 Å². The summed E-state index contributed by atoms with van der Waals surface area (Å²) in [5, 5.41) is 0.713. The van der Waals surface area contributed by atoms with Crippen molar-refractivity contribution in [2.45, 2.75) is 45.8 Å². The van der Waals surface area contributed by atoms with E-state index in [9.17, 15) is 0 Å². The average molecular weight is 283 g/mol. The smallest absolute Gasteiger partial charge is 0.185 e. The molecule has 0 N–H and O–H groups in total. The minimum Gasteiger partial charge on any atom is -0.348 e. The van der Waals surface area contributed by atoms with Gasteiger partial charge in [-0.1, -0.05) is 56.5 Å². The third-order valence-electron chi connectivity index (χ3n) is 4.05. The van der Waals surface area contributed by atoms with Crippen LogP contribution in [0.3, 0.4) is 0 Å². The van der Waals surface area contributed by atoms with Gasteiger partial charge in [-0.2, -0.15) is 0 Å². The molecule has 1 aliphatic rings. The van der Waals surface area contributed by atoms with Gasteiger partial charge < -0.3 is 9.47 Å². The third kappa shape index (κ3) is 3.50. The lowest BCUT2D eigenvalue weighted by atomic mass is 9.81. The van der Waals surface area contributed by atoms with Gasteiger partial charge in [0.25, 0.3) is 0 Å². The molecule has 0 saturated carbocycles. The van der Waals surface area contributed by atoms with Gasteiger partial charge in [-0.25, -0.2) is 0 Å². The van der Waals surface area contributed by atoms with E-state index in [0.717, 1.165) is 25.2 Å². The second kappa shape index (κ2) is 6.74. The third-order valence-corrected chi connectivity index (χ3v) is 4.40. The van der Waals surface area contributed by atoms with Crippen molar-refractivity contribution in [3.05, 3.63) is 34.9 Å². The van der Waals surface area contributed by atoms with Gasteiger partial charge in [0.15, 0.2) is 6.29 Å². The van der Waals surface area contributed by atoms with E-state index in [2.05, 4.69) is 13.8 Å². The summed E-state index contributed by atoms with van der Waals surface area (Å²) in [6.45, 7) is 5.97. The zero-order valence-corrected chi connectivity index (χ0v) is 12.6. The SMILES string of the molecule is CCCCC1(CC)COC(c2ccccc2Cl)OC1. The van der Waals surface area contributed by atoms with Crippen LogP contribution in [0.1, 0.15) is 51.4 Å².